The quantitative estimate of drug-likeness (QED) is 0.785. The van der Waals surface area contributed by atoms with E-state index in [0.717, 1.165) is 38.8 Å². The van der Waals surface area contributed by atoms with Crippen LogP contribution in [0.5, 0.6) is 0 Å². The number of rotatable bonds is 7. The summed E-state index contributed by atoms with van der Waals surface area (Å²) in [6, 6.07) is 0.364. The molecule has 0 unspecified atom stereocenters. The Bertz CT molecular complexity index is 383. The molecule has 1 aromatic rings. The molecule has 0 spiro atoms. The van der Waals surface area contributed by atoms with Crippen molar-refractivity contribution in [3.8, 4) is 0 Å². The summed E-state index contributed by atoms with van der Waals surface area (Å²) in [5.74, 6) is 0. The monoisotopic (exact) mass is 304 g/mol. The molecule has 1 aliphatic rings. The van der Waals surface area contributed by atoms with E-state index in [1.807, 2.05) is 12.5 Å². The van der Waals surface area contributed by atoms with E-state index in [4.69, 9.17) is 0 Å². The van der Waals surface area contributed by atoms with Crippen LogP contribution < -0.4 is 5.32 Å². The highest BCUT2D eigenvalue weighted by Crippen LogP contribution is 2.19. The summed E-state index contributed by atoms with van der Waals surface area (Å²) in [6.07, 6.45) is 5.21. The van der Waals surface area contributed by atoms with Crippen molar-refractivity contribution in [2.45, 2.75) is 44.4 Å². The van der Waals surface area contributed by atoms with Crippen molar-refractivity contribution < 1.29 is 13.2 Å². The Morgan fingerprint density at radius 3 is 2.57 bits per heavy atom. The summed E-state index contributed by atoms with van der Waals surface area (Å²) in [4.78, 5) is 5.49. The van der Waals surface area contributed by atoms with Crippen molar-refractivity contribution in [3.63, 3.8) is 0 Å². The first-order chi connectivity index (χ1) is 10.0. The van der Waals surface area contributed by atoms with Crippen LogP contribution >= 0.6 is 0 Å². The highest BCUT2D eigenvalue weighted by atomic mass is 19.4. The lowest BCUT2D eigenvalue weighted by Gasteiger charge is -2.32. The smallest absolute Gasteiger partial charge is 0.337 e. The number of imidazole rings is 1. The fourth-order valence-electron chi connectivity index (χ4n) is 2.69. The number of unbranched alkanes of at least 4 members (excludes halogenated alkanes) is 1. The van der Waals surface area contributed by atoms with Crippen molar-refractivity contribution >= 4 is 0 Å². The first-order valence-corrected chi connectivity index (χ1v) is 7.51. The molecule has 0 atom stereocenters. The van der Waals surface area contributed by atoms with E-state index in [9.17, 15) is 13.2 Å². The first-order valence-electron chi connectivity index (χ1n) is 7.51. The van der Waals surface area contributed by atoms with E-state index in [-0.39, 0.29) is 0 Å². The van der Waals surface area contributed by atoms with E-state index >= 15 is 0 Å². The number of nitrogens with one attached hydrogen (secondary N) is 1. The van der Waals surface area contributed by atoms with E-state index in [1.54, 1.807) is 6.20 Å². The van der Waals surface area contributed by atoms with E-state index in [0.29, 0.717) is 19.1 Å². The lowest BCUT2D eigenvalue weighted by atomic mass is 10.0. The number of halogens is 3. The average Bonchev–Trinajstić information content (AvgIpc) is 2.92. The zero-order valence-corrected chi connectivity index (χ0v) is 12.1. The maximum atomic E-state index is 12.3. The van der Waals surface area contributed by atoms with Gasteiger partial charge < -0.3 is 9.88 Å². The van der Waals surface area contributed by atoms with Gasteiger partial charge in [-0.15, -0.1) is 0 Å². The van der Waals surface area contributed by atoms with Crippen LogP contribution in [0.3, 0.4) is 0 Å². The molecular formula is C14H23F3N4. The third kappa shape index (κ3) is 6.48. The predicted molar refractivity (Wildman–Crippen MR) is 75.0 cm³/mol. The Morgan fingerprint density at radius 1 is 1.19 bits per heavy atom. The van der Waals surface area contributed by atoms with Crippen molar-refractivity contribution in [1.29, 1.82) is 0 Å². The molecule has 0 aliphatic carbocycles. The molecule has 1 aromatic heterocycles. The van der Waals surface area contributed by atoms with E-state index in [1.165, 1.54) is 4.90 Å². The lowest BCUT2D eigenvalue weighted by molar-refractivity contribution is -0.148. The Morgan fingerprint density at radius 2 is 1.95 bits per heavy atom. The van der Waals surface area contributed by atoms with E-state index < -0.39 is 12.7 Å². The van der Waals surface area contributed by atoms with Crippen LogP contribution in [-0.2, 0) is 6.54 Å². The number of aromatic nitrogens is 2. The van der Waals surface area contributed by atoms with Crippen LogP contribution in [0, 0.1) is 0 Å². The number of nitrogens with zero attached hydrogens (tertiary/aromatic N) is 3. The Kier molecular flexibility index (Phi) is 6.05. The number of likely N-dealkylation sites (tertiary alicyclic amines) is 1. The number of piperidine rings is 1. The van der Waals surface area contributed by atoms with Crippen LogP contribution in [0.25, 0.3) is 0 Å². The molecule has 0 bridgehead atoms. The van der Waals surface area contributed by atoms with Gasteiger partial charge in [-0.1, -0.05) is 0 Å². The van der Waals surface area contributed by atoms with Gasteiger partial charge in [-0.2, -0.15) is 13.2 Å². The molecule has 1 aliphatic heterocycles. The molecule has 21 heavy (non-hydrogen) atoms. The summed E-state index contributed by atoms with van der Waals surface area (Å²) in [7, 11) is 0. The Hall–Kier alpha value is -1.08. The molecule has 7 heteroatoms. The number of hydrogen-bond donors (Lipinski definition) is 1. The van der Waals surface area contributed by atoms with Gasteiger partial charge in [-0.25, -0.2) is 4.98 Å². The van der Waals surface area contributed by atoms with Gasteiger partial charge in [0, 0.05) is 25.0 Å². The van der Waals surface area contributed by atoms with Gasteiger partial charge in [-0.3, -0.25) is 4.90 Å². The summed E-state index contributed by atoms with van der Waals surface area (Å²) in [5.41, 5.74) is 0. The maximum Gasteiger partial charge on any atom is 0.401 e. The summed E-state index contributed by atoms with van der Waals surface area (Å²) in [5, 5.41) is 3.45. The molecule has 2 rings (SSSR count). The molecule has 0 aromatic carbocycles. The zero-order valence-electron chi connectivity index (χ0n) is 12.1. The number of alkyl halides is 3. The minimum atomic E-state index is -4.08. The summed E-state index contributed by atoms with van der Waals surface area (Å²) >= 11 is 0. The second kappa shape index (κ2) is 7.79. The molecular weight excluding hydrogens is 281 g/mol. The molecule has 0 saturated carbocycles. The predicted octanol–water partition coefficient (Wildman–Crippen LogP) is 2.28. The molecule has 0 amide bonds. The molecule has 0 radical (unpaired) electrons. The molecule has 2 heterocycles. The molecule has 1 saturated heterocycles. The van der Waals surface area contributed by atoms with Gasteiger partial charge in [0.2, 0.25) is 0 Å². The Balaban J connectivity index is 1.51. The molecule has 120 valence electrons. The van der Waals surface area contributed by atoms with Crippen LogP contribution in [0.1, 0.15) is 25.7 Å². The third-order valence-corrected chi connectivity index (χ3v) is 3.83. The molecule has 1 fully saturated rings. The topological polar surface area (TPSA) is 33.1 Å². The van der Waals surface area contributed by atoms with Crippen LogP contribution in [-0.4, -0.2) is 52.8 Å². The third-order valence-electron chi connectivity index (χ3n) is 3.83. The summed E-state index contributed by atoms with van der Waals surface area (Å²) < 4.78 is 38.9. The van der Waals surface area contributed by atoms with Crippen LogP contribution in [0.2, 0.25) is 0 Å². The SMILES string of the molecule is FC(F)(F)CN1CCC(NCCCCn2ccnc2)CC1. The second-order valence-electron chi connectivity index (χ2n) is 5.63. The minimum absolute atomic E-state index is 0.364. The standard InChI is InChI=1S/C14H23F3N4/c15-14(16,17)11-20-8-3-13(4-9-20)19-5-1-2-7-21-10-6-18-12-21/h6,10,12-13,19H,1-5,7-9,11H2. The fraction of sp³-hybridized carbons (Fsp3) is 0.786. The van der Waals surface area contributed by atoms with Crippen LogP contribution in [0.15, 0.2) is 18.7 Å². The normalized spacial score (nSPS) is 18.2. The lowest BCUT2D eigenvalue weighted by Crippen LogP contribution is -2.45. The number of hydrogen-bond acceptors (Lipinski definition) is 3. The van der Waals surface area contributed by atoms with Crippen molar-refractivity contribution in [1.82, 2.24) is 19.8 Å². The summed E-state index contributed by atoms with van der Waals surface area (Å²) in [6.45, 7) is 2.19. The second-order valence-corrected chi connectivity index (χ2v) is 5.63. The van der Waals surface area contributed by atoms with Crippen molar-refractivity contribution in [3.05, 3.63) is 18.7 Å². The van der Waals surface area contributed by atoms with Crippen LogP contribution in [0.4, 0.5) is 13.2 Å². The highest BCUT2D eigenvalue weighted by Gasteiger charge is 2.32. The van der Waals surface area contributed by atoms with Crippen molar-refractivity contribution in [2.24, 2.45) is 0 Å². The zero-order chi connectivity index (χ0) is 15.1. The Labute approximate surface area is 123 Å². The van der Waals surface area contributed by atoms with Gasteiger partial charge in [0.25, 0.3) is 0 Å². The van der Waals surface area contributed by atoms with Gasteiger partial charge >= 0.3 is 6.18 Å². The van der Waals surface area contributed by atoms with Gasteiger partial charge in [-0.05, 0) is 45.3 Å². The van der Waals surface area contributed by atoms with Gasteiger partial charge in [0.1, 0.15) is 0 Å². The molecule has 4 nitrogen and oxygen atoms in total. The van der Waals surface area contributed by atoms with E-state index in [2.05, 4.69) is 14.9 Å². The highest BCUT2D eigenvalue weighted by molar-refractivity contribution is 4.78. The largest absolute Gasteiger partial charge is 0.401 e. The number of aryl methyl sites for hydroxylation is 1. The van der Waals surface area contributed by atoms with Crippen molar-refractivity contribution in [2.75, 3.05) is 26.2 Å². The first kappa shape index (κ1) is 16.3. The van der Waals surface area contributed by atoms with Gasteiger partial charge in [0.15, 0.2) is 0 Å². The van der Waals surface area contributed by atoms with Gasteiger partial charge in [0.05, 0.1) is 12.9 Å². The maximum absolute atomic E-state index is 12.3. The average molecular weight is 304 g/mol. The fourth-order valence-corrected chi connectivity index (χ4v) is 2.69. The molecule has 1 N–H and O–H groups in total. The minimum Gasteiger partial charge on any atom is -0.337 e.